The van der Waals surface area contributed by atoms with Gasteiger partial charge in [-0.1, -0.05) is 48.0 Å². The van der Waals surface area contributed by atoms with Crippen molar-refractivity contribution in [2.75, 3.05) is 25.0 Å². The van der Waals surface area contributed by atoms with Crippen molar-refractivity contribution < 1.29 is 5.11 Å². The molecule has 1 saturated carbocycles. The van der Waals surface area contributed by atoms with Crippen molar-refractivity contribution in [3.63, 3.8) is 0 Å². The summed E-state index contributed by atoms with van der Waals surface area (Å²) in [7, 11) is 0. The van der Waals surface area contributed by atoms with E-state index in [1.54, 1.807) is 0 Å². The zero-order valence-corrected chi connectivity index (χ0v) is 13.8. The lowest BCUT2D eigenvalue weighted by atomic mass is 9.81. The van der Waals surface area contributed by atoms with Gasteiger partial charge in [-0.15, -0.1) is 0 Å². The number of likely N-dealkylation sites (tertiary alicyclic amines) is 1. The maximum atomic E-state index is 9.27. The Balaban J connectivity index is 1.98. The Kier molecular flexibility index (Phi) is 6.64. The van der Waals surface area contributed by atoms with E-state index in [1.807, 2.05) is 0 Å². The van der Waals surface area contributed by atoms with E-state index in [-0.39, 0.29) is 0 Å². The van der Waals surface area contributed by atoms with Crippen LogP contribution >= 0.6 is 15.9 Å². The maximum absolute atomic E-state index is 9.27. The summed E-state index contributed by atoms with van der Waals surface area (Å²) in [6.45, 7) is 2.85. The van der Waals surface area contributed by atoms with Crippen molar-refractivity contribution in [3.8, 4) is 0 Å². The van der Waals surface area contributed by atoms with Crippen LogP contribution < -0.4 is 0 Å². The highest BCUT2D eigenvalue weighted by Gasteiger charge is 2.34. The van der Waals surface area contributed by atoms with Crippen LogP contribution in [0.25, 0.3) is 0 Å². The van der Waals surface area contributed by atoms with Crippen LogP contribution in [0.2, 0.25) is 0 Å². The Morgan fingerprint density at radius 3 is 2.42 bits per heavy atom. The van der Waals surface area contributed by atoms with Gasteiger partial charge in [0, 0.05) is 24.5 Å². The first-order valence-corrected chi connectivity index (χ1v) is 9.33. The summed E-state index contributed by atoms with van der Waals surface area (Å²) in [5, 5.41) is 10.4. The predicted octanol–water partition coefficient (Wildman–Crippen LogP) is 3.96. The zero-order chi connectivity index (χ0) is 13.6. The lowest BCUT2D eigenvalue weighted by Crippen LogP contribution is -2.47. The molecule has 1 atom stereocenters. The summed E-state index contributed by atoms with van der Waals surface area (Å²) in [5.74, 6) is 0. The number of alkyl halides is 1. The van der Waals surface area contributed by atoms with Crippen LogP contribution in [0.3, 0.4) is 0 Å². The third-order valence-electron chi connectivity index (χ3n) is 5.20. The van der Waals surface area contributed by atoms with Gasteiger partial charge in [-0.25, -0.2) is 0 Å². The molecule has 0 aromatic carbocycles. The quantitative estimate of drug-likeness (QED) is 0.608. The first-order valence-electron chi connectivity index (χ1n) is 8.20. The topological polar surface area (TPSA) is 23.5 Å². The fraction of sp³-hybridized carbons (Fsp3) is 1.00. The minimum Gasteiger partial charge on any atom is -0.396 e. The number of halogens is 1. The number of aliphatic hydroxyl groups excluding tert-OH is 1. The van der Waals surface area contributed by atoms with Crippen LogP contribution in [0.1, 0.15) is 64.2 Å². The molecule has 1 unspecified atom stereocenters. The summed E-state index contributed by atoms with van der Waals surface area (Å²) in [6, 6.07) is 0.637. The average molecular weight is 332 g/mol. The normalized spacial score (nSPS) is 29.1. The second kappa shape index (κ2) is 7.99. The van der Waals surface area contributed by atoms with Crippen molar-refractivity contribution in [1.29, 1.82) is 0 Å². The number of hydrogen-bond donors (Lipinski definition) is 1. The van der Waals surface area contributed by atoms with E-state index in [1.165, 1.54) is 70.9 Å². The standard InChI is InChI=1S/C16H30BrNO/c17-13-16(9-4-1-2-5-10-16)14-18-11-6-3-7-15(18)8-12-19/h15,19H,1-14H2. The second-order valence-electron chi connectivity index (χ2n) is 6.68. The van der Waals surface area contributed by atoms with Crippen molar-refractivity contribution >= 4 is 15.9 Å². The van der Waals surface area contributed by atoms with Gasteiger partial charge in [-0.3, -0.25) is 4.90 Å². The van der Waals surface area contributed by atoms with E-state index in [0.717, 1.165) is 11.8 Å². The van der Waals surface area contributed by atoms with Crippen LogP contribution in [0.15, 0.2) is 0 Å². The fourth-order valence-corrected chi connectivity index (χ4v) is 4.73. The molecule has 0 bridgehead atoms. The Bertz CT molecular complexity index is 249. The van der Waals surface area contributed by atoms with Gasteiger partial charge in [0.2, 0.25) is 0 Å². The monoisotopic (exact) mass is 331 g/mol. The Hall–Kier alpha value is 0.400. The van der Waals surface area contributed by atoms with Crippen molar-refractivity contribution in [3.05, 3.63) is 0 Å². The van der Waals surface area contributed by atoms with Crippen molar-refractivity contribution in [1.82, 2.24) is 4.90 Å². The highest BCUT2D eigenvalue weighted by atomic mass is 79.9. The molecule has 1 N–H and O–H groups in total. The molecule has 1 saturated heterocycles. The average Bonchev–Trinajstić information content (AvgIpc) is 2.68. The molecule has 0 spiro atoms. The molecule has 3 heteroatoms. The molecule has 2 nitrogen and oxygen atoms in total. The zero-order valence-electron chi connectivity index (χ0n) is 12.2. The molecular formula is C16H30BrNO. The molecule has 1 aliphatic carbocycles. The predicted molar refractivity (Wildman–Crippen MR) is 84.8 cm³/mol. The molecule has 112 valence electrons. The highest BCUT2D eigenvalue weighted by molar-refractivity contribution is 9.09. The van der Waals surface area contributed by atoms with E-state index in [4.69, 9.17) is 0 Å². The number of rotatable bonds is 5. The van der Waals surface area contributed by atoms with E-state index >= 15 is 0 Å². The smallest absolute Gasteiger partial charge is 0.0445 e. The number of hydrogen-bond acceptors (Lipinski definition) is 2. The third-order valence-corrected chi connectivity index (χ3v) is 6.39. The summed E-state index contributed by atoms with van der Waals surface area (Å²) < 4.78 is 0. The summed E-state index contributed by atoms with van der Waals surface area (Å²) >= 11 is 3.81. The molecule has 2 rings (SSSR count). The number of aliphatic hydroxyl groups is 1. The minimum absolute atomic E-state index is 0.350. The molecule has 0 radical (unpaired) electrons. The summed E-state index contributed by atoms with van der Waals surface area (Å²) in [6.07, 6.45) is 13.4. The molecule has 0 aromatic rings. The first kappa shape index (κ1) is 15.8. The van der Waals surface area contributed by atoms with Gasteiger partial charge in [-0.2, -0.15) is 0 Å². The molecule has 0 aromatic heterocycles. The lowest BCUT2D eigenvalue weighted by Gasteiger charge is -2.43. The van der Waals surface area contributed by atoms with Gasteiger partial charge in [0.05, 0.1) is 0 Å². The summed E-state index contributed by atoms with van der Waals surface area (Å²) in [4.78, 5) is 2.70. The molecule has 2 fully saturated rings. The Morgan fingerprint density at radius 2 is 1.79 bits per heavy atom. The van der Waals surface area contributed by atoms with Crippen LogP contribution in [-0.4, -0.2) is 41.1 Å². The second-order valence-corrected chi connectivity index (χ2v) is 7.24. The van der Waals surface area contributed by atoms with Gasteiger partial charge in [-0.05, 0) is 44.1 Å². The third kappa shape index (κ3) is 4.44. The van der Waals surface area contributed by atoms with E-state index in [9.17, 15) is 5.11 Å². The van der Waals surface area contributed by atoms with Gasteiger partial charge in [0.25, 0.3) is 0 Å². The van der Waals surface area contributed by atoms with E-state index in [2.05, 4.69) is 20.8 Å². The van der Waals surface area contributed by atoms with Crippen molar-refractivity contribution in [2.24, 2.45) is 5.41 Å². The van der Waals surface area contributed by atoms with E-state index < -0.39 is 0 Å². The molecule has 2 aliphatic rings. The maximum Gasteiger partial charge on any atom is 0.0445 e. The minimum atomic E-state index is 0.350. The first-order chi connectivity index (χ1) is 9.29. The van der Waals surface area contributed by atoms with Gasteiger partial charge >= 0.3 is 0 Å². The van der Waals surface area contributed by atoms with Crippen LogP contribution in [0, 0.1) is 5.41 Å². The number of piperidine rings is 1. The van der Waals surface area contributed by atoms with Crippen LogP contribution in [0.4, 0.5) is 0 Å². The molecule has 1 heterocycles. The van der Waals surface area contributed by atoms with Gasteiger partial charge in [0.1, 0.15) is 0 Å². The van der Waals surface area contributed by atoms with E-state index in [0.29, 0.717) is 18.1 Å². The highest BCUT2D eigenvalue weighted by Crippen LogP contribution is 2.38. The Labute approximate surface area is 127 Å². The SMILES string of the molecule is OCCC1CCCCN1CC1(CBr)CCCCCC1. The van der Waals surface area contributed by atoms with Crippen LogP contribution in [0.5, 0.6) is 0 Å². The largest absolute Gasteiger partial charge is 0.396 e. The van der Waals surface area contributed by atoms with Crippen LogP contribution in [-0.2, 0) is 0 Å². The summed E-state index contributed by atoms with van der Waals surface area (Å²) in [5.41, 5.74) is 0.502. The number of nitrogens with zero attached hydrogens (tertiary/aromatic N) is 1. The molecule has 1 aliphatic heterocycles. The molecular weight excluding hydrogens is 302 g/mol. The molecule has 0 amide bonds. The van der Waals surface area contributed by atoms with Gasteiger partial charge in [0.15, 0.2) is 0 Å². The fourth-order valence-electron chi connectivity index (χ4n) is 3.99. The van der Waals surface area contributed by atoms with Crippen molar-refractivity contribution in [2.45, 2.75) is 70.3 Å². The lowest BCUT2D eigenvalue weighted by molar-refractivity contribution is 0.0679. The van der Waals surface area contributed by atoms with Gasteiger partial charge < -0.3 is 5.11 Å². The Morgan fingerprint density at radius 1 is 1.05 bits per heavy atom. The molecule has 19 heavy (non-hydrogen) atoms.